The number of carbonyl (C=O) groups excluding carboxylic acids is 3. The maximum Gasteiger partial charge on any atom is 0.242 e. The van der Waals surface area contributed by atoms with Crippen molar-refractivity contribution in [2.45, 2.75) is 57.9 Å². The van der Waals surface area contributed by atoms with E-state index in [1.54, 1.807) is 4.90 Å². The highest BCUT2D eigenvalue weighted by Gasteiger charge is 2.27. The Morgan fingerprint density at radius 2 is 1.79 bits per heavy atom. The zero-order chi connectivity index (χ0) is 20.6. The number of benzene rings is 1. The van der Waals surface area contributed by atoms with Crippen LogP contribution in [0.1, 0.15) is 63.5 Å². The summed E-state index contributed by atoms with van der Waals surface area (Å²) < 4.78 is 0. The minimum absolute atomic E-state index is 0.00321. The van der Waals surface area contributed by atoms with Gasteiger partial charge >= 0.3 is 0 Å². The number of hydrogen-bond acceptors (Lipinski definition) is 3. The SMILES string of the molecule is C[C@@H](NC(=O)CC1CCN(C(=O)CN2CCCCCC2=O)CC1)c1ccccc1. The quantitative estimate of drug-likeness (QED) is 0.800. The first-order valence-electron chi connectivity index (χ1n) is 10.9. The molecule has 1 atom stereocenters. The Morgan fingerprint density at radius 3 is 2.52 bits per heavy atom. The first-order chi connectivity index (χ1) is 14.0. The van der Waals surface area contributed by atoms with E-state index in [0.717, 1.165) is 37.7 Å². The highest BCUT2D eigenvalue weighted by Crippen LogP contribution is 2.22. The van der Waals surface area contributed by atoms with E-state index in [2.05, 4.69) is 5.32 Å². The lowest BCUT2D eigenvalue weighted by atomic mass is 9.93. The molecule has 0 radical (unpaired) electrons. The van der Waals surface area contributed by atoms with Crippen molar-refractivity contribution in [3.8, 4) is 0 Å². The molecule has 1 N–H and O–H groups in total. The second-order valence-electron chi connectivity index (χ2n) is 8.35. The summed E-state index contributed by atoms with van der Waals surface area (Å²) in [6, 6.07) is 9.95. The monoisotopic (exact) mass is 399 g/mol. The molecule has 29 heavy (non-hydrogen) atoms. The average Bonchev–Trinajstić information content (AvgIpc) is 2.93. The third-order valence-electron chi connectivity index (χ3n) is 6.12. The molecule has 0 unspecified atom stereocenters. The highest BCUT2D eigenvalue weighted by atomic mass is 16.2. The van der Waals surface area contributed by atoms with Crippen molar-refractivity contribution in [2.24, 2.45) is 5.92 Å². The predicted octanol–water partition coefficient (Wildman–Crippen LogP) is 2.90. The van der Waals surface area contributed by atoms with E-state index in [9.17, 15) is 14.4 Å². The molecule has 0 aliphatic carbocycles. The van der Waals surface area contributed by atoms with Gasteiger partial charge < -0.3 is 15.1 Å². The van der Waals surface area contributed by atoms with E-state index in [0.29, 0.717) is 38.4 Å². The van der Waals surface area contributed by atoms with Crippen molar-refractivity contribution in [1.29, 1.82) is 0 Å². The fourth-order valence-electron chi connectivity index (χ4n) is 4.24. The Hall–Kier alpha value is -2.37. The molecule has 0 saturated carbocycles. The maximum absolute atomic E-state index is 12.6. The molecule has 2 fully saturated rings. The molecule has 1 aromatic rings. The third kappa shape index (κ3) is 6.31. The lowest BCUT2D eigenvalue weighted by Crippen LogP contribution is -2.46. The second-order valence-corrected chi connectivity index (χ2v) is 8.35. The van der Waals surface area contributed by atoms with Crippen molar-refractivity contribution in [3.63, 3.8) is 0 Å². The van der Waals surface area contributed by atoms with Gasteiger partial charge in [0.1, 0.15) is 0 Å². The number of nitrogens with one attached hydrogen (secondary N) is 1. The Bertz CT molecular complexity index is 699. The first-order valence-corrected chi connectivity index (χ1v) is 10.9. The van der Waals surface area contributed by atoms with Crippen LogP contribution < -0.4 is 5.32 Å². The lowest BCUT2D eigenvalue weighted by molar-refractivity contribution is -0.141. The fourth-order valence-corrected chi connectivity index (χ4v) is 4.24. The van der Waals surface area contributed by atoms with Gasteiger partial charge in [-0.25, -0.2) is 0 Å². The highest BCUT2D eigenvalue weighted by molar-refractivity contribution is 5.85. The Morgan fingerprint density at radius 1 is 1.07 bits per heavy atom. The van der Waals surface area contributed by atoms with Gasteiger partial charge in [-0.3, -0.25) is 14.4 Å². The van der Waals surface area contributed by atoms with Crippen LogP contribution in [0.2, 0.25) is 0 Å². The van der Waals surface area contributed by atoms with E-state index in [4.69, 9.17) is 0 Å². The van der Waals surface area contributed by atoms with E-state index in [1.807, 2.05) is 42.2 Å². The van der Waals surface area contributed by atoms with Crippen molar-refractivity contribution < 1.29 is 14.4 Å². The van der Waals surface area contributed by atoms with Crippen LogP contribution >= 0.6 is 0 Å². The minimum Gasteiger partial charge on any atom is -0.350 e. The van der Waals surface area contributed by atoms with Crippen LogP contribution in [0.25, 0.3) is 0 Å². The Balaban J connectivity index is 1.40. The molecular weight excluding hydrogens is 366 g/mol. The number of nitrogens with zero attached hydrogens (tertiary/aromatic N) is 2. The van der Waals surface area contributed by atoms with Crippen LogP contribution in [0, 0.1) is 5.92 Å². The van der Waals surface area contributed by atoms with Crippen LogP contribution in [0.3, 0.4) is 0 Å². The molecule has 158 valence electrons. The summed E-state index contributed by atoms with van der Waals surface area (Å²) in [6.07, 6.45) is 5.72. The molecule has 2 heterocycles. The van der Waals surface area contributed by atoms with Crippen molar-refractivity contribution in [1.82, 2.24) is 15.1 Å². The van der Waals surface area contributed by atoms with E-state index < -0.39 is 0 Å². The van der Waals surface area contributed by atoms with Crippen LogP contribution in [0.4, 0.5) is 0 Å². The summed E-state index contributed by atoms with van der Waals surface area (Å²) in [5.74, 6) is 0.527. The van der Waals surface area contributed by atoms with Crippen molar-refractivity contribution >= 4 is 17.7 Å². The summed E-state index contributed by atoms with van der Waals surface area (Å²) >= 11 is 0. The molecule has 0 spiro atoms. The summed E-state index contributed by atoms with van der Waals surface area (Å²) in [4.78, 5) is 40.7. The molecule has 2 aliphatic heterocycles. The number of piperidine rings is 1. The van der Waals surface area contributed by atoms with Gasteiger partial charge in [0.15, 0.2) is 0 Å². The second kappa shape index (κ2) is 10.4. The molecule has 6 heteroatoms. The van der Waals surface area contributed by atoms with Crippen molar-refractivity contribution in [3.05, 3.63) is 35.9 Å². The molecule has 3 rings (SSSR count). The summed E-state index contributed by atoms with van der Waals surface area (Å²) in [6.45, 7) is 4.25. The number of hydrogen-bond donors (Lipinski definition) is 1. The number of rotatable bonds is 6. The zero-order valence-electron chi connectivity index (χ0n) is 17.4. The fraction of sp³-hybridized carbons (Fsp3) is 0.609. The van der Waals surface area contributed by atoms with Gasteiger partial charge in [-0.1, -0.05) is 36.8 Å². The van der Waals surface area contributed by atoms with Gasteiger partial charge in [-0.2, -0.15) is 0 Å². The number of amides is 3. The Kier molecular flexibility index (Phi) is 7.67. The predicted molar refractivity (Wildman–Crippen MR) is 112 cm³/mol. The van der Waals surface area contributed by atoms with Gasteiger partial charge in [-0.05, 0) is 44.1 Å². The smallest absolute Gasteiger partial charge is 0.242 e. The molecule has 1 aromatic carbocycles. The summed E-state index contributed by atoms with van der Waals surface area (Å²) in [5.41, 5.74) is 1.10. The number of carbonyl (C=O) groups is 3. The molecule has 0 bridgehead atoms. The van der Waals surface area contributed by atoms with E-state index in [1.165, 1.54) is 0 Å². The van der Waals surface area contributed by atoms with E-state index >= 15 is 0 Å². The van der Waals surface area contributed by atoms with Crippen molar-refractivity contribution in [2.75, 3.05) is 26.2 Å². The molecule has 2 aliphatic rings. The largest absolute Gasteiger partial charge is 0.350 e. The summed E-state index contributed by atoms with van der Waals surface area (Å²) in [5, 5.41) is 3.08. The van der Waals surface area contributed by atoms with Crippen LogP contribution in [0.5, 0.6) is 0 Å². The molecule has 3 amide bonds. The zero-order valence-corrected chi connectivity index (χ0v) is 17.4. The molecule has 6 nitrogen and oxygen atoms in total. The third-order valence-corrected chi connectivity index (χ3v) is 6.12. The van der Waals surface area contributed by atoms with Crippen LogP contribution in [-0.4, -0.2) is 53.7 Å². The minimum atomic E-state index is -0.00321. The van der Waals surface area contributed by atoms with Gasteiger partial charge in [0, 0.05) is 32.5 Å². The molecule has 2 saturated heterocycles. The van der Waals surface area contributed by atoms with Gasteiger partial charge in [0.2, 0.25) is 17.7 Å². The van der Waals surface area contributed by atoms with E-state index in [-0.39, 0.29) is 30.3 Å². The number of likely N-dealkylation sites (tertiary alicyclic amines) is 2. The van der Waals surface area contributed by atoms with Gasteiger partial charge in [0.05, 0.1) is 12.6 Å². The molecular formula is C23H33N3O3. The standard InChI is InChI=1S/C23H33N3O3/c1-18(20-8-4-2-5-9-20)24-21(27)16-19-11-14-25(15-12-19)23(29)17-26-13-7-3-6-10-22(26)28/h2,4-5,8-9,18-19H,3,6-7,10-17H2,1H3,(H,24,27)/t18-/m1/s1. The maximum atomic E-state index is 12.6. The lowest BCUT2D eigenvalue weighted by Gasteiger charge is -2.33. The van der Waals surface area contributed by atoms with Crippen LogP contribution in [-0.2, 0) is 14.4 Å². The topological polar surface area (TPSA) is 69.7 Å². The first kappa shape index (κ1) is 21.3. The normalized spacial score (nSPS) is 19.6. The summed E-state index contributed by atoms with van der Waals surface area (Å²) in [7, 11) is 0. The van der Waals surface area contributed by atoms with Crippen LogP contribution in [0.15, 0.2) is 30.3 Å². The van der Waals surface area contributed by atoms with Gasteiger partial charge in [0.25, 0.3) is 0 Å². The molecule has 0 aromatic heterocycles. The Labute approximate surface area is 173 Å². The van der Waals surface area contributed by atoms with Gasteiger partial charge in [-0.15, -0.1) is 0 Å². The average molecular weight is 400 g/mol.